The molecule has 1 aliphatic rings. The van der Waals surface area contributed by atoms with E-state index in [2.05, 4.69) is 4.72 Å². The molecule has 1 saturated carbocycles. The van der Waals surface area contributed by atoms with E-state index in [1.54, 1.807) is 30.1 Å². The van der Waals surface area contributed by atoms with Crippen molar-refractivity contribution in [3.05, 3.63) is 18.5 Å². The van der Waals surface area contributed by atoms with E-state index in [9.17, 15) is 13.5 Å². The molecule has 90 valence electrons. The minimum absolute atomic E-state index is 0.140. The van der Waals surface area contributed by atoms with E-state index < -0.39 is 15.6 Å². The fourth-order valence-electron chi connectivity index (χ4n) is 1.88. The van der Waals surface area contributed by atoms with Crippen molar-refractivity contribution in [2.75, 3.05) is 6.61 Å². The Morgan fingerprint density at radius 1 is 1.56 bits per heavy atom. The van der Waals surface area contributed by atoms with Crippen LogP contribution in [0.3, 0.4) is 0 Å². The molecule has 1 heterocycles. The summed E-state index contributed by atoms with van der Waals surface area (Å²) in [5.41, 5.74) is -0.630. The molecule has 0 amide bonds. The van der Waals surface area contributed by atoms with Gasteiger partial charge in [0.1, 0.15) is 0 Å². The van der Waals surface area contributed by atoms with E-state index in [0.29, 0.717) is 12.8 Å². The van der Waals surface area contributed by atoms with Crippen LogP contribution in [-0.2, 0) is 17.1 Å². The zero-order valence-electron chi connectivity index (χ0n) is 9.18. The van der Waals surface area contributed by atoms with Gasteiger partial charge in [0.25, 0.3) is 0 Å². The summed E-state index contributed by atoms with van der Waals surface area (Å²) in [5, 5.41) is 9.22. The van der Waals surface area contributed by atoms with Crippen LogP contribution in [0.4, 0.5) is 0 Å². The van der Waals surface area contributed by atoms with E-state index in [1.807, 2.05) is 0 Å². The van der Waals surface area contributed by atoms with E-state index in [1.165, 1.54) is 0 Å². The fraction of sp³-hybridized carbons (Fsp3) is 0.600. The molecule has 2 rings (SSSR count). The molecule has 0 radical (unpaired) electrons. The molecule has 2 N–H and O–H groups in total. The first-order valence-electron chi connectivity index (χ1n) is 5.24. The molecule has 1 aliphatic carbocycles. The summed E-state index contributed by atoms with van der Waals surface area (Å²) in [6, 6.07) is 1.55. The third-order valence-electron chi connectivity index (χ3n) is 3.08. The normalized spacial score (nSPS) is 19.4. The molecule has 0 aromatic carbocycles. The Morgan fingerprint density at radius 2 is 2.25 bits per heavy atom. The van der Waals surface area contributed by atoms with Crippen molar-refractivity contribution in [2.45, 2.75) is 29.7 Å². The molecule has 16 heavy (non-hydrogen) atoms. The number of hydrogen-bond donors (Lipinski definition) is 2. The molecule has 5 nitrogen and oxygen atoms in total. The number of hydrogen-bond acceptors (Lipinski definition) is 3. The first kappa shape index (κ1) is 11.6. The van der Waals surface area contributed by atoms with Gasteiger partial charge in [0.2, 0.25) is 10.0 Å². The first-order valence-corrected chi connectivity index (χ1v) is 6.73. The molecular formula is C10H16N2O3S. The summed E-state index contributed by atoms with van der Waals surface area (Å²) in [5.74, 6) is 0. The van der Waals surface area contributed by atoms with Crippen LogP contribution in [0, 0.1) is 0 Å². The second kappa shape index (κ2) is 3.87. The Labute approximate surface area is 95.1 Å². The number of aliphatic hydroxyl groups excluding tert-OH is 1. The second-order valence-corrected chi connectivity index (χ2v) is 6.09. The number of nitrogens with zero attached hydrogens (tertiary/aromatic N) is 1. The molecule has 0 spiro atoms. The lowest BCUT2D eigenvalue weighted by Gasteiger charge is -2.40. The van der Waals surface area contributed by atoms with Gasteiger partial charge in [-0.05, 0) is 25.3 Å². The van der Waals surface area contributed by atoms with Crippen molar-refractivity contribution in [1.29, 1.82) is 0 Å². The van der Waals surface area contributed by atoms with E-state index in [0.717, 1.165) is 6.42 Å². The van der Waals surface area contributed by atoms with Gasteiger partial charge in [-0.1, -0.05) is 0 Å². The van der Waals surface area contributed by atoms with Crippen molar-refractivity contribution in [3.8, 4) is 0 Å². The van der Waals surface area contributed by atoms with Crippen LogP contribution in [0.5, 0.6) is 0 Å². The quantitative estimate of drug-likeness (QED) is 0.796. The maximum Gasteiger partial charge on any atom is 0.242 e. The summed E-state index contributed by atoms with van der Waals surface area (Å²) < 4.78 is 28.2. The fourth-order valence-corrected chi connectivity index (χ4v) is 3.38. The molecule has 0 saturated heterocycles. The molecule has 1 fully saturated rings. The lowest BCUT2D eigenvalue weighted by molar-refractivity contribution is 0.110. The van der Waals surface area contributed by atoms with Crippen molar-refractivity contribution in [1.82, 2.24) is 9.29 Å². The summed E-state index contributed by atoms with van der Waals surface area (Å²) >= 11 is 0. The number of nitrogens with one attached hydrogen (secondary N) is 1. The molecule has 1 aromatic rings. The highest BCUT2D eigenvalue weighted by Crippen LogP contribution is 2.32. The number of aliphatic hydroxyl groups is 1. The average Bonchev–Trinajstić information content (AvgIpc) is 2.59. The van der Waals surface area contributed by atoms with E-state index >= 15 is 0 Å². The topological polar surface area (TPSA) is 71.3 Å². The SMILES string of the molecule is Cn1ccc(S(=O)(=O)NC2(CO)CCC2)c1. The molecular weight excluding hydrogens is 228 g/mol. The molecule has 6 heteroatoms. The van der Waals surface area contributed by atoms with Crippen molar-refractivity contribution < 1.29 is 13.5 Å². The maximum absolute atomic E-state index is 12.0. The first-order chi connectivity index (χ1) is 7.47. The monoisotopic (exact) mass is 244 g/mol. The van der Waals surface area contributed by atoms with E-state index in [-0.39, 0.29) is 11.5 Å². The summed E-state index contributed by atoms with van der Waals surface area (Å²) in [7, 11) is -1.73. The molecule has 0 unspecified atom stereocenters. The Hall–Kier alpha value is -0.850. The zero-order valence-corrected chi connectivity index (χ0v) is 10.00. The molecule has 0 atom stereocenters. The van der Waals surface area contributed by atoms with Gasteiger partial charge in [-0.25, -0.2) is 13.1 Å². The van der Waals surface area contributed by atoms with Crippen LogP contribution in [0.1, 0.15) is 19.3 Å². The zero-order chi connectivity index (χ0) is 11.8. The number of sulfonamides is 1. The lowest BCUT2D eigenvalue weighted by Crippen LogP contribution is -2.55. The van der Waals surface area contributed by atoms with Gasteiger partial charge >= 0.3 is 0 Å². The number of rotatable bonds is 4. The second-order valence-electron chi connectivity index (χ2n) is 4.41. The van der Waals surface area contributed by atoms with Crippen LogP contribution in [0.15, 0.2) is 23.4 Å². The highest BCUT2D eigenvalue weighted by molar-refractivity contribution is 7.89. The van der Waals surface area contributed by atoms with Crippen molar-refractivity contribution in [2.24, 2.45) is 7.05 Å². The van der Waals surface area contributed by atoms with Crippen molar-refractivity contribution in [3.63, 3.8) is 0 Å². The van der Waals surface area contributed by atoms with Gasteiger partial charge in [-0.15, -0.1) is 0 Å². The van der Waals surface area contributed by atoms with Gasteiger partial charge < -0.3 is 9.67 Å². The van der Waals surface area contributed by atoms with E-state index in [4.69, 9.17) is 0 Å². The van der Waals surface area contributed by atoms with Gasteiger partial charge in [-0.2, -0.15) is 0 Å². The molecule has 1 aromatic heterocycles. The Bertz CT molecular complexity index is 468. The number of aromatic nitrogens is 1. The Balaban J connectivity index is 2.20. The lowest BCUT2D eigenvalue weighted by atomic mass is 9.78. The van der Waals surface area contributed by atoms with Crippen LogP contribution in [0.2, 0.25) is 0 Å². The summed E-state index contributed by atoms with van der Waals surface area (Å²) in [4.78, 5) is 0.245. The van der Waals surface area contributed by atoms with Crippen LogP contribution >= 0.6 is 0 Å². The third kappa shape index (κ3) is 2.00. The predicted octanol–water partition coefficient (Wildman–Crippen LogP) is 0.218. The largest absolute Gasteiger partial charge is 0.394 e. The minimum atomic E-state index is -3.50. The van der Waals surface area contributed by atoms with Crippen LogP contribution < -0.4 is 4.72 Å². The summed E-state index contributed by atoms with van der Waals surface area (Å²) in [6.07, 6.45) is 5.59. The highest BCUT2D eigenvalue weighted by atomic mass is 32.2. The van der Waals surface area contributed by atoms with Gasteiger partial charge in [-0.3, -0.25) is 0 Å². The number of aryl methyl sites for hydroxylation is 1. The molecule has 0 aliphatic heterocycles. The Morgan fingerprint density at radius 3 is 2.62 bits per heavy atom. The smallest absolute Gasteiger partial charge is 0.242 e. The van der Waals surface area contributed by atoms with Gasteiger partial charge in [0, 0.05) is 19.4 Å². The third-order valence-corrected chi connectivity index (χ3v) is 4.64. The van der Waals surface area contributed by atoms with Crippen LogP contribution in [-0.4, -0.2) is 30.2 Å². The highest BCUT2D eigenvalue weighted by Gasteiger charge is 2.40. The summed E-state index contributed by atoms with van der Waals surface area (Å²) in [6.45, 7) is -0.140. The van der Waals surface area contributed by atoms with Gasteiger partial charge in [0.05, 0.1) is 17.0 Å². The maximum atomic E-state index is 12.0. The standard InChI is InChI=1S/C10H16N2O3S/c1-12-6-3-9(7-12)16(14,15)11-10(8-13)4-2-5-10/h3,6-7,11,13H,2,4-5,8H2,1H3. The predicted molar refractivity (Wildman–Crippen MR) is 59.4 cm³/mol. The van der Waals surface area contributed by atoms with Crippen molar-refractivity contribution >= 4 is 10.0 Å². The minimum Gasteiger partial charge on any atom is -0.394 e. The Kier molecular flexibility index (Phi) is 2.81. The van der Waals surface area contributed by atoms with Gasteiger partial charge in [0.15, 0.2) is 0 Å². The van der Waals surface area contributed by atoms with Crippen LogP contribution in [0.25, 0.3) is 0 Å². The molecule has 0 bridgehead atoms. The average molecular weight is 244 g/mol.